The van der Waals surface area contributed by atoms with E-state index in [0.717, 1.165) is 18.6 Å². The van der Waals surface area contributed by atoms with Crippen molar-refractivity contribution in [2.45, 2.75) is 25.8 Å². The Kier molecular flexibility index (Phi) is 5.54. The molecule has 2 amide bonds. The molecule has 0 bridgehead atoms. The Bertz CT molecular complexity index is 552. The molecule has 0 aliphatic rings. The number of aromatic carboxylic acids is 1. The van der Waals surface area contributed by atoms with Gasteiger partial charge in [-0.25, -0.2) is 14.0 Å². The number of halogens is 1. The number of carbonyl (C=O) groups is 2. The first-order valence-electron chi connectivity index (χ1n) is 6.04. The van der Waals surface area contributed by atoms with E-state index in [-0.39, 0.29) is 11.3 Å². The van der Waals surface area contributed by atoms with Crippen LogP contribution in [0.1, 0.15) is 30.1 Å². The molecule has 0 aliphatic carbocycles. The summed E-state index contributed by atoms with van der Waals surface area (Å²) in [4.78, 5) is 22.7. The van der Waals surface area contributed by atoms with Gasteiger partial charge in [-0.3, -0.25) is 0 Å². The van der Waals surface area contributed by atoms with Gasteiger partial charge in [0.15, 0.2) is 0 Å². The summed E-state index contributed by atoms with van der Waals surface area (Å²) in [6.45, 7) is 1.92. The summed E-state index contributed by atoms with van der Waals surface area (Å²) in [7, 11) is 0. The van der Waals surface area contributed by atoms with Gasteiger partial charge in [-0.1, -0.05) is 19.3 Å². The number of carbonyl (C=O) groups excluding carboxylic acids is 1. The average molecular weight is 278 g/mol. The van der Waals surface area contributed by atoms with Crippen LogP contribution in [-0.4, -0.2) is 23.1 Å². The van der Waals surface area contributed by atoms with E-state index in [2.05, 4.69) is 16.6 Å². The van der Waals surface area contributed by atoms with Gasteiger partial charge in [-0.15, -0.1) is 6.42 Å². The van der Waals surface area contributed by atoms with Crippen LogP contribution in [0.25, 0.3) is 0 Å². The highest BCUT2D eigenvalue weighted by atomic mass is 19.1. The summed E-state index contributed by atoms with van der Waals surface area (Å²) < 4.78 is 13.0. The molecule has 0 saturated heterocycles. The van der Waals surface area contributed by atoms with Gasteiger partial charge in [0.05, 0.1) is 17.3 Å². The first-order chi connectivity index (χ1) is 9.47. The molecular weight excluding hydrogens is 263 g/mol. The molecular formula is C14H15FN2O3. The Balaban J connectivity index is 2.81. The summed E-state index contributed by atoms with van der Waals surface area (Å²) in [5.74, 6) is 0.393. The number of urea groups is 1. The van der Waals surface area contributed by atoms with E-state index >= 15 is 0 Å². The van der Waals surface area contributed by atoms with Crippen molar-refractivity contribution in [1.82, 2.24) is 5.32 Å². The normalized spacial score (nSPS) is 11.2. The first-order valence-corrected chi connectivity index (χ1v) is 6.04. The molecule has 106 valence electrons. The number of carboxylic acids is 1. The second-order valence-corrected chi connectivity index (χ2v) is 4.10. The van der Waals surface area contributed by atoms with Gasteiger partial charge >= 0.3 is 12.0 Å². The smallest absolute Gasteiger partial charge is 0.337 e. The third-order valence-corrected chi connectivity index (χ3v) is 2.54. The lowest BCUT2D eigenvalue weighted by Gasteiger charge is -2.14. The summed E-state index contributed by atoms with van der Waals surface area (Å²) in [6, 6.07) is 2.02. The van der Waals surface area contributed by atoms with Crippen LogP contribution in [-0.2, 0) is 0 Å². The molecule has 1 atom stereocenters. The Morgan fingerprint density at radius 2 is 2.20 bits per heavy atom. The Labute approximate surface area is 116 Å². The quantitative estimate of drug-likeness (QED) is 0.724. The number of terminal acetylenes is 1. The summed E-state index contributed by atoms with van der Waals surface area (Å²) in [5, 5.41) is 13.8. The molecule has 1 unspecified atom stereocenters. The predicted molar refractivity (Wildman–Crippen MR) is 73.0 cm³/mol. The van der Waals surface area contributed by atoms with Crippen LogP contribution >= 0.6 is 0 Å². The van der Waals surface area contributed by atoms with Crippen molar-refractivity contribution in [3.63, 3.8) is 0 Å². The number of carboxylic acid groups (broad SMARTS) is 1. The number of nitrogens with one attached hydrogen (secondary N) is 2. The molecule has 1 aromatic rings. The zero-order valence-corrected chi connectivity index (χ0v) is 10.9. The molecule has 0 fully saturated rings. The number of amides is 2. The molecule has 0 aromatic heterocycles. The zero-order chi connectivity index (χ0) is 15.1. The van der Waals surface area contributed by atoms with E-state index in [9.17, 15) is 14.0 Å². The number of rotatable bonds is 5. The van der Waals surface area contributed by atoms with Crippen LogP contribution in [0.5, 0.6) is 0 Å². The summed E-state index contributed by atoms with van der Waals surface area (Å²) >= 11 is 0. The minimum absolute atomic E-state index is 0.00340. The monoisotopic (exact) mass is 278 g/mol. The second kappa shape index (κ2) is 7.14. The van der Waals surface area contributed by atoms with Crippen molar-refractivity contribution in [2.24, 2.45) is 0 Å². The average Bonchev–Trinajstić information content (AvgIpc) is 2.40. The predicted octanol–water partition coefficient (Wildman–Crippen LogP) is 2.45. The zero-order valence-electron chi connectivity index (χ0n) is 10.9. The van der Waals surface area contributed by atoms with Crippen molar-refractivity contribution < 1.29 is 19.1 Å². The molecule has 6 heteroatoms. The standard InChI is InChI=1S/C14H15FN2O3/c1-3-5-10(4-2)16-14(20)17-12-7-6-9(15)8-11(12)13(18)19/h2,6-8,10H,3,5H2,1H3,(H,18,19)(H2,16,17,20). The van der Waals surface area contributed by atoms with Gasteiger partial charge < -0.3 is 15.7 Å². The molecule has 0 radical (unpaired) electrons. The molecule has 1 rings (SSSR count). The van der Waals surface area contributed by atoms with Crippen LogP contribution in [0, 0.1) is 18.2 Å². The van der Waals surface area contributed by atoms with Crippen LogP contribution in [0.3, 0.4) is 0 Å². The maximum atomic E-state index is 13.0. The number of benzene rings is 1. The fourth-order valence-electron chi connectivity index (χ4n) is 1.60. The number of hydrogen-bond donors (Lipinski definition) is 3. The summed E-state index contributed by atoms with van der Waals surface area (Å²) in [6.07, 6.45) is 6.67. The lowest BCUT2D eigenvalue weighted by molar-refractivity contribution is 0.0697. The van der Waals surface area contributed by atoms with Gasteiger partial charge in [0.1, 0.15) is 5.82 Å². The molecule has 0 heterocycles. The minimum atomic E-state index is -1.33. The third kappa shape index (κ3) is 4.28. The fourth-order valence-corrected chi connectivity index (χ4v) is 1.60. The van der Waals surface area contributed by atoms with Gasteiger partial charge in [0.25, 0.3) is 0 Å². The van der Waals surface area contributed by atoms with Gasteiger partial charge in [0.2, 0.25) is 0 Å². The Morgan fingerprint density at radius 1 is 1.50 bits per heavy atom. The van der Waals surface area contributed by atoms with Gasteiger partial charge in [-0.05, 0) is 24.6 Å². The molecule has 0 aliphatic heterocycles. The van der Waals surface area contributed by atoms with Gasteiger partial charge in [-0.2, -0.15) is 0 Å². The van der Waals surface area contributed by atoms with Crippen LogP contribution in [0.4, 0.5) is 14.9 Å². The molecule has 3 N–H and O–H groups in total. The van der Waals surface area contributed by atoms with E-state index in [1.165, 1.54) is 6.07 Å². The Hall–Kier alpha value is -2.55. The van der Waals surface area contributed by atoms with Crippen LogP contribution in [0.2, 0.25) is 0 Å². The number of anilines is 1. The van der Waals surface area contributed by atoms with Crippen molar-refractivity contribution in [1.29, 1.82) is 0 Å². The van der Waals surface area contributed by atoms with E-state index < -0.39 is 23.9 Å². The third-order valence-electron chi connectivity index (χ3n) is 2.54. The maximum Gasteiger partial charge on any atom is 0.337 e. The van der Waals surface area contributed by atoms with Gasteiger partial charge in [0, 0.05) is 0 Å². The van der Waals surface area contributed by atoms with Crippen LogP contribution < -0.4 is 10.6 Å². The van der Waals surface area contributed by atoms with E-state index in [1.807, 2.05) is 6.92 Å². The van der Waals surface area contributed by atoms with Crippen molar-refractivity contribution in [3.8, 4) is 12.3 Å². The largest absolute Gasteiger partial charge is 0.478 e. The highest BCUT2D eigenvalue weighted by Gasteiger charge is 2.15. The van der Waals surface area contributed by atoms with E-state index in [1.54, 1.807) is 0 Å². The highest BCUT2D eigenvalue weighted by Crippen LogP contribution is 2.17. The van der Waals surface area contributed by atoms with Crippen molar-refractivity contribution in [3.05, 3.63) is 29.6 Å². The maximum absolute atomic E-state index is 13.0. The molecule has 5 nitrogen and oxygen atoms in total. The van der Waals surface area contributed by atoms with E-state index in [4.69, 9.17) is 11.5 Å². The van der Waals surface area contributed by atoms with Crippen LogP contribution in [0.15, 0.2) is 18.2 Å². The Morgan fingerprint density at radius 3 is 2.75 bits per heavy atom. The topological polar surface area (TPSA) is 78.4 Å². The fraction of sp³-hybridized carbons (Fsp3) is 0.286. The lowest BCUT2D eigenvalue weighted by Crippen LogP contribution is -2.37. The second-order valence-electron chi connectivity index (χ2n) is 4.10. The summed E-state index contributed by atoms with van der Waals surface area (Å²) in [5.41, 5.74) is -0.323. The minimum Gasteiger partial charge on any atom is -0.478 e. The lowest BCUT2D eigenvalue weighted by atomic mass is 10.1. The molecule has 1 aromatic carbocycles. The first kappa shape index (κ1) is 15.5. The SMILES string of the molecule is C#CC(CCC)NC(=O)Nc1ccc(F)cc1C(=O)O. The number of hydrogen-bond acceptors (Lipinski definition) is 2. The van der Waals surface area contributed by atoms with Crippen molar-refractivity contribution in [2.75, 3.05) is 5.32 Å². The van der Waals surface area contributed by atoms with Crippen molar-refractivity contribution >= 4 is 17.7 Å². The molecule has 0 spiro atoms. The highest BCUT2D eigenvalue weighted by molar-refractivity contribution is 6.00. The van der Waals surface area contributed by atoms with E-state index in [0.29, 0.717) is 6.42 Å². The molecule has 0 saturated carbocycles. The molecule has 20 heavy (non-hydrogen) atoms.